The number of hydrogen-bond acceptors (Lipinski definition) is 6. The summed E-state index contributed by atoms with van der Waals surface area (Å²) in [4.78, 5) is 23.6. The minimum Gasteiger partial charge on any atom is -0.493 e. The van der Waals surface area contributed by atoms with E-state index in [1.54, 1.807) is 19.2 Å². The molecule has 0 fully saturated rings. The van der Waals surface area contributed by atoms with E-state index < -0.39 is 11.7 Å². The number of fused-ring (bicyclic) bond motifs is 1. The second-order valence-electron chi connectivity index (χ2n) is 9.11. The highest BCUT2D eigenvalue weighted by Crippen LogP contribution is 2.35. The number of anilines is 1. The fourth-order valence-corrected chi connectivity index (χ4v) is 4.30. The van der Waals surface area contributed by atoms with Gasteiger partial charge in [0.25, 0.3) is 0 Å². The molecule has 1 aromatic heterocycles. The summed E-state index contributed by atoms with van der Waals surface area (Å²) in [7, 11) is 1.59. The Kier molecular flexibility index (Phi) is 9.21. The quantitative estimate of drug-likeness (QED) is 0.238. The Hall–Kier alpha value is -4.18. The van der Waals surface area contributed by atoms with E-state index in [0.29, 0.717) is 40.6 Å². The van der Waals surface area contributed by atoms with Crippen molar-refractivity contribution >= 4 is 22.5 Å². The summed E-state index contributed by atoms with van der Waals surface area (Å²) in [5.41, 5.74) is 2.50. The zero-order valence-electron chi connectivity index (χ0n) is 22.6. The largest absolute Gasteiger partial charge is 0.493 e. The van der Waals surface area contributed by atoms with Crippen molar-refractivity contribution in [2.24, 2.45) is 0 Å². The molecule has 1 amide bonds. The van der Waals surface area contributed by atoms with Crippen LogP contribution in [0.5, 0.6) is 11.5 Å². The van der Waals surface area contributed by atoms with Crippen molar-refractivity contribution in [2.75, 3.05) is 38.7 Å². The zero-order valence-corrected chi connectivity index (χ0v) is 22.6. The molecular formula is C30H31F3N4O3. The van der Waals surface area contributed by atoms with Crippen molar-refractivity contribution in [3.8, 4) is 22.8 Å². The molecule has 210 valence electrons. The highest BCUT2D eigenvalue weighted by molar-refractivity contribution is 5.95. The number of amides is 1. The molecule has 0 radical (unpaired) electrons. The normalized spacial score (nSPS) is 11.6. The van der Waals surface area contributed by atoms with Gasteiger partial charge in [0.05, 0.1) is 30.3 Å². The van der Waals surface area contributed by atoms with E-state index >= 15 is 0 Å². The van der Waals surface area contributed by atoms with Crippen molar-refractivity contribution in [1.29, 1.82) is 0 Å². The van der Waals surface area contributed by atoms with Crippen LogP contribution in [0.25, 0.3) is 22.2 Å². The molecule has 0 saturated carbocycles. The van der Waals surface area contributed by atoms with Crippen LogP contribution in [0, 0.1) is 0 Å². The standard InChI is InChI=1S/C30H31F3N4O3/c1-4-37(5-2)14-15-40-27-18-25-24(17-26(27)39-3)29(35-19-34-25)21-8-12-23(13-9-21)36-28(38)16-20-6-10-22(11-7-20)30(31,32)33/h6-13,17-19H,4-5,14-16H2,1-3H3,(H,36,38). The number of aromatic nitrogens is 2. The molecule has 0 unspecified atom stereocenters. The van der Waals surface area contributed by atoms with Gasteiger partial charge in [0.1, 0.15) is 12.9 Å². The van der Waals surface area contributed by atoms with E-state index in [1.807, 2.05) is 24.3 Å². The second kappa shape index (κ2) is 12.8. The summed E-state index contributed by atoms with van der Waals surface area (Å²) in [6, 6.07) is 15.4. The number of methoxy groups -OCH3 is 1. The summed E-state index contributed by atoms with van der Waals surface area (Å²) in [6.45, 7) is 7.45. The molecule has 1 heterocycles. The molecule has 40 heavy (non-hydrogen) atoms. The van der Waals surface area contributed by atoms with Gasteiger partial charge in [0.15, 0.2) is 11.5 Å². The minimum atomic E-state index is -4.41. The van der Waals surface area contributed by atoms with Gasteiger partial charge in [0.2, 0.25) is 5.91 Å². The second-order valence-corrected chi connectivity index (χ2v) is 9.11. The lowest BCUT2D eigenvalue weighted by molar-refractivity contribution is -0.137. The lowest BCUT2D eigenvalue weighted by Gasteiger charge is -2.19. The van der Waals surface area contributed by atoms with Crippen LogP contribution in [-0.2, 0) is 17.4 Å². The van der Waals surface area contributed by atoms with E-state index in [1.165, 1.54) is 18.5 Å². The fraction of sp³-hybridized carbons (Fsp3) is 0.300. The van der Waals surface area contributed by atoms with E-state index in [9.17, 15) is 18.0 Å². The molecule has 7 nitrogen and oxygen atoms in total. The number of nitrogens with one attached hydrogen (secondary N) is 1. The first-order valence-corrected chi connectivity index (χ1v) is 13.0. The van der Waals surface area contributed by atoms with Gasteiger partial charge in [-0.2, -0.15) is 13.2 Å². The average Bonchev–Trinajstić information content (AvgIpc) is 2.94. The maximum absolute atomic E-state index is 12.8. The maximum atomic E-state index is 12.8. The molecule has 4 aromatic rings. The first-order valence-electron chi connectivity index (χ1n) is 13.0. The molecule has 10 heteroatoms. The summed E-state index contributed by atoms with van der Waals surface area (Å²) in [5, 5.41) is 3.57. The van der Waals surface area contributed by atoms with Gasteiger partial charge in [-0.05, 0) is 49.0 Å². The smallest absolute Gasteiger partial charge is 0.416 e. The van der Waals surface area contributed by atoms with Gasteiger partial charge >= 0.3 is 6.18 Å². The van der Waals surface area contributed by atoms with Crippen LogP contribution in [0.15, 0.2) is 67.0 Å². The number of hydrogen-bond donors (Lipinski definition) is 1. The molecule has 0 aliphatic heterocycles. The topological polar surface area (TPSA) is 76.6 Å². The van der Waals surface area contributed by atoms with Gasteiger partial charge in [-0.3, -0.25) is 4.79 Å². The number of carbonyl (C=O) groups is 1. The summed E-state index contributed by atoms with van der Waals surface area (Å²) < 4.78 is 49.9. The van der Waals surface area contributed by atoms with E-state index in [2.05, 4.69) is 34.0 Å². The molecule has 0 aliphatic rings. The lowest BCUT2D eigenvalue weighted by Crippen LogP contribution is -2.27. The first kappa shape index (κ1) is 28.8. The van der Waals surface area contributed by atoms with E-state index in [0.717, 1.165) is 42.7 Å². The highest BCUT2D eigenvalue weighted by Gasteiger charge is 2.30. The van der Waals surface area contributed by atoms with Crippen molar-refractivity contribution < 1.29 is 27.4 Å². The Bertz CT molecular complexity index is 1440. The Balaban J connectivity index is 1.46. The van der Waals surface area contributed by atoms with Crippen LogP contribution in [0.3, 0.4) is 0 Å². The number of benzene rings is 3. The molecule has 4 rings (SSSR count). The number of ether oxygens (including phenoxy) is 2. The van der Waals surface area contributed by atoms with Crippen LogP contribution in [0.4, 0.5) is 18.9 Å². The molecule has 0 atom stereocenters. The monoisotopic (exact) mass is 552 g/mol. The predicted octanol–water partition coefficient (Wildman–Crippen LogP) is 6.23. The molecule has 0 saturated heterocycles. The zero-order chi connectivity index (χ0) is 28.7. The third-order valence-corrected chi connectivity index (χ3v) is 6.57. The molecular weight excluding hydrogens is 521 g/mol. The van der Waals surface area contributed by atoms with Crippen LogP contribution in [0.2, 0.25) is 0 Å². The number of nitrogens with zero attached hydrogens (tertiary/aromatic N) is 3. The Morgan fingerprint density at radius 2 is 1.65 bits per heavy atom. The van der Waals surface area contributed by atoms with Crippen LogP contribution in [0.1, 0.15) is 25.0 Å². The number of carbonyl (C=O) groups excluding carboxylic acids is 1. The van der Waals surface area contributed by atoms with Crippen molar-refractivity contribution in [1.82, 2.24) is 14.9 Å². The van der Waals surface area contributed by atoms with Crippen molar-refractivity contribution in [3.05, 3.63) is 78.1 Å². The summed E-state index contributed by atoms with van der Waals surface area (Å²) in [5.74, 6) is 0.853. The van der Waals surface area contributed by atoms with E-state index in [-0.39, 0.29) is 12.3 Å². The van der Waals surface area contributed by atoms with Crippen LogP contribution >= 0.6 is 0 Å². The Morgan fingerprint density at radius 3 is 2.27 bits per heavy atom. The van der Waals surface area contributed by atoms with E-state index in [4.69, 9.17) is 9.47 Å². The average molecular weight is 553 g/mol. The molecule has 1 N–H and O–H groups in total. The lowest BCUT2D eigenvalue weighted by atomic mass is 10.1. The first-order chi connectivity index (χ1) is 19.2. The third-order valence-electron chi connectivity index (χ3n) is 6.57. The number of rotatable bonds is 11. The van der Waals surface area contributed by atoms with Crippen LogP contribution < -0.4 is 14.8 Å². The van der Waals surface area contributed by atoms with Gasteiger partial charge in [0, 0.05) is 29.2 Å². The number of halogens is 3. The summed E-state index contributed by atoms with van der Waals surface area (Å²) in [6.07, 6.45) is -2.97. The number of likely N-dealkylation sites (N-methyl/N-ethyl adjacent to an activating group) is 1. The molecule has 3 aromatic carbocycles. The third kappa shape index (κ3) is 7.06. The molecule has 0 aliphatic carbocycles. The highest BCUT2D eigenvalue weighted by atomic mass is 19.4. The maximum Gasteiger partial charge on any atom is 0.416 e. The predicted molar refractivity (Wildman–Crippen MR) is 149 cm³/mol. The van der Waals surface area contributed by atoms with Gasteiger partial charge in [-0.15, -0.1) is 0 Å². The minimum absolute atomic E-state index is 0.0461. The van der Waals surface area contributed by atoms with Crippen LogP contribution in [-0.4, -0.2) is 54.1 Å². The Labute approximate surface area is 231 Å². The fourth-order valence-electron chi connectivity index (χ4n) is 4.30. The SMILES string of the molecule is CCN(CC)CCOc1cc2ncnc(-c3ccc(NC(=O)Cc4ccc(C(F)(F)F)cc4)cc3)c2cc1OC. The summed E-state index contributed by atoms with van der Waals surface area (Å²) >= 11 is 0. The van der Waals surface area contributed by atoms with Gasteiger partial charge in [-0.1, -0.05) is 38.1 Å². The van der Waals surface area contributed by atoms with Crippen molar-refractivity contribution in [2.45, 2.75) is 26.4 Å². The van der Waals surface area contributed by atoms with Gasteiger partial charge < -0.3 is 19.7 Å². The molecule has 0 bridgehead atoms. The molecule has 0 spiro atoms. The Morgan fingerprint density at radius 1 is 0.950 bits per heavy atom. The van der Waals surface area contributed by atoms with Gasteiger partial charge in [-0.25, -0.2) is 9.97 Å². The number of alkyl halides is 3. The van der Waals surface area contributed by atoms with Crippen molar-refractivity contribution in [3.63, 3.8) is 0 Å².